The van der Waals surface area contributed by atoms with Crippen molar-refractivity contribution < 1.29 is 17.5 Å². The number of fused-ring (bicyclic) bond motifs is 2. The van der Waals surface area contributed by atoms with E-state index in [1.165, 1.54) is 46.3 Å². The summed E-state index contributed by atoms with van der Waals surface area (Å²) in [5.74, 6) is 0.270. The Bertz CT molecular complexity index is 1960. The molecular weight excluding hydrogens is 601 g/mol. The first kappa shape index (κ1) is 29.6. The second-order valence-corrected chi connectivity index (χ2v) is 13.5. The van der Waals surface area contributed by atoms with Gasteiger partial charge in [0.25, 0.3) is 0 Å². The predicted molar refractivity (Wildman–Crippen MR) is 163 cm³/mol. The van der Waals surface area contributed by atoms with Gasteiger partial charge in [0, 0.05) is 6.54 Å². The Kier molecular flexibility index (Phi) is 7.77. The maximum atomic E-state index is 13.8. The number of hydrogen-bond acceptors (Lipinski definition) is 6. The zero-order valence-electron chi connectivity index (χ0n) is 23.7. The number of allylic oxidation sites excluding steroid dienone is 1. The monoisotopic (exact) mass is 627 g/mol. The Morgan fingerprint density at radius 2 is 1.89 bits per heavy atom. The van der Waals surface area contributed by atoms with Gasteiger partial charge in [-0.05, 0) is 103 Å². The first-order valence-electron chi connectivity index (χ1n) is 14.0. The molecule has 2 atom stereocenters. The average Bonchev–Trinajstić information content (AvgIpc) is 3.55. The van der Waals surface area contributed by atoms with Gasteiger partial charge in [-0.3, -0.25) is 0 Å². The molecule has 0 aliphatic heterocycles. The highest BCUT2D eigenvalue weighted by Gasteiger charge is 2.47. The van der Waals surface area contributed by atoms with Gasteiger partial charge in [0.1, 0.15) is 35.5 Å². The average molecular weight is 628 g/mol. The third kappa shape index (κ3) is 5.26. The number of nitriles is 2. The lowest BCUT2D eigenvalue weighted by atomic mass is 9.70. The van der Waals surface area contributed by atoms with Crippen LogP contribution in [0.2, 0.25) is 5.02 Å². The van der Waals surface area contributed by atoms with Gasteiger partial charge in [0.05, 0.1) is 33.6 Å². The molecule has 1 fully saturated rings. The molecule has 6 rings (SSSR count). The number of benzene rings is 3. The van der Waals surface area contributed by atoms with Crippen LogP contribution in [0.25, 0.3) is 11.8 Å². The highest BCUT2D eigenvalue weighted by molar-refractivity contribution is 7.89. The number of nitrogens with zero attached hydrogens (tertiary/aromatic N) is 5. The molecule has 0 radical (unpaired) electrons. The van der Waals surface area contributed by atoms with Crippen molar-refractivity contribution in [1.82, 2.24) is 14.1 Å². The van der Waals surface area contributed by atoms with Crippen LogP contribution in [0.4, 0.5) is 4.39 Å². The highest BCUT2D eigenvalue weighted by atomic mass is 35.5. The van der Waals surface area contributed by atoms with Gasteiger partial charge in [0.15, 0.2) is 0 Å². The first-order valence-corrected chi connectivity index (χ1v) is 15.8. The molecule has 0 bridgehead atoms. The molecule has 0 N–H and O–H groups in total. The molecule has 4 aromatic rings. The summed E-state index contributed by atoms with van der Waals surface area (Å²) in [6.07, 6.45) is 6.22. The molecule has 2 aliphatic carbocycles. The van der Waals surface area contributed by atoms with Crippen molar-refractivity contribution in [3.63, 3.8) is 0 Å². The second kappa shape index (κ2) is 11.5. The SMILES string of the molecule is C[C@]12Cc3cnn(-c4ccc(F)cc4)c3C=C1CC[C@@H]2CN(CC#N)S(=O)(=O)c1ccc(Oc2cccc(Cl)c2C#N)cc1. The van der Waals surface area contributed by atoms with Crippen molar-refractivity contribution >= 4 is 27.7 Å². The van der Waals surface area contributed by atoms with Gasteiger partial charge in [-0.1, -0.05) is 30.2 Å². The lowest BCUT2D eigenvalue weighted by Gasteiger charge is -2.37. The van der Waals surface area contributed by atoms with Crippen LogP contribution in [0.3, 0.4) is 0 Å². The van der Waals surface area contributed by atoms with Crippen LogP contribution < -0.4 is 4.74 Å². The fourth-order valence-corrected chi connectivity index (χ4v) is 7.83. The quantitative estimate of drug-likeness (QED) is 0.196. The van der Waals surface area contributed by atoms with E-state index in [9.17, 15) is 23.3 Å². The van der Waals surface area contributed by atoms with E-state index < -0.39 is 10.0 Å². The van der Waals surface area contributed by atoms with Crippen molar-refractivity contribution in [3.05, 3.63) is 106 Å². The molecule has 0 amide bonds. The molecule has 44 heavy (non-hydrogen) atoms. The fraction of sp³-hybridized carbons (Fsp3) is 0.242. The molecule has 1 aromatic heterocycles. The summed E-state index contributed by atoms with van der Waals surface area (Å²) in [5.41, 5.74) is 3.85. The molecule has 1 heterocycles. The van der Waals surface area contributed by atoms with Gasteiger partial charge in [-0.15, -0.1) is 0 Å². The van der Waals surface area contributed by atoms with Gasteiger partial charge in [-0.25, -0.2) is 17.5 Å². The number of halogens is 2. The molecule has 0 saturated heterocycles. The standard InChI is InChI=1S/C33H27ClFN5O3S/c1-33-18-22-20-38-40(26-9-7-25(35)8-10-26)31(22)17-23(33)5-6-24(33)21-39(16-15-36)44(41,42)28-13-11-27(12-14-28)43-32-4-2-3-30(34)29(32)19-37/h2-4,7-14,17,20,24H,5-6,16,18,21H2,1H3/t24-,33+/m1/s1. The van der Waals surface area contributed by atoms with Gasteiger partial charge >= 0.3 is 0 Å². The lowest BCUT2D eigenvalue weighted by molar-refractivity contribution is 0.228. The van der Waals surface area contributed by atoms with Crippen molar-refractivity contribution in [2.24, 2.45) is 11.3 Å². The maximum Gasteiger partial charge on any atom is 0.244 e. The molecule has 2 aliphatic rings. The van der Waals surface area contributed by atoms with Crippen LogP contribution in [-0.4, -0.2) is 35.6 Å². The zero-order valence-corrected chi connectivity index (χ0v) is 25.3. The van der Waals surface area contributed by atoms with E-state index in [2.05, 4.69) is 18.1 Å². The number of rotatable bonds is 8. The van der Waals surface area contributed by atoms with E-state index in [1.54, 1.807) is 30.3 Å². The minimum Gasteiger partial charge on any atom is -0.456 e. The summed E-state index contributed by atoms with van der Waals surface area (Å²) in [4.78, 5) is 0.0390. The van der Waals surface area contributed by atoms with Crippen LogP contribution in [0.5, 0.6) is 11.5 Å². The van der Waals surface area contributed by atoms with E-state index in [0.717, 1.165) is 29.8 Å². The van der Waals surface area contributed by atoms with Gasteiger partial charge < -0.3 is 4.74 Å². The number of hydrogen-bond donors (Lipinski definition) is 0. The van der Waals surface area contributed by atoms with Crippen molar-refractivity contribution in [2.45, 2.75) is 31.1 Å². The van der Waals surface area contributed by atoms with Gasteiger partial charge in [-0.2, -0.15) is 19.9 Å². The van der Waals surface area contributed by atoms with E-state index in [-0.39, 0.29) is 51.5 Å². The predicted octanol–water partition coefficient (Wildman–Crippen LogP) is 6.90. The third-order valence-electron chi connectivity index (χ3n) is 8.67. The number of aromatic nitrogens is 2. The summed E-state index contributed by atoms with van der Waals surface area (Å²) < 4.78 is 49.9. The molecular formula is C33H27ClFN5O3S. The van der Waals surface area contributed by atoms with Crippen LogP contribution in [0.1, 0.15) is 36.6 Å². The molecule has 0 unspecified atom stereocenters. The second-order valence-electron chi connectivity index (χ2n) is 11.2. The number of ether oxygens (including phenoxy) is 1. The first-order chi connectivity index (χ1) is 21.1. The Hall–Kier alpha value is -4.48. The van der Waals surface area contributed by atoms with Crippen LogP contribution in [0.15, 0.2) is 83.4 Å². The molecule has 11 heteroatoms. The summed E-state index contributed by atoms with van der Waals surface area (Å²) in [6.45, 7) is 2.06. The van der Waals surface area contributed by atoms with Crippen molar-refractivity contribution in [1.29, 1.82) is 10.5 Å². The maximum absolute atomic E-state index is 13.8. The molecule has 3 aromatic carbocycles. The zero-order chi connectivity index (χ0) is 31.1. The lowest BCUT2D eigenvalue weighted by Crippen LogP contribution is -2.41. The van der Waals surface area contributed by atoms with Crippen molar-refractivity contribution in [3.8, 4) is 29.3 Å². The topological polar surface area (TPSA) is 112 Å². The van der Waals surface area contributed by atoms with E-state index >= 15 is 0 Å². The van der Waals surface area contributed by atoms with Crippen molar-refractivity contribution in [2.75, 3.05) is 13.1 Å². The van der Waals surface area contributed by atoms with E-state index in [1.807, 2.05) is 23.0 Å². The summed E-state index contributed by atoms with van der Waals surface area (Å²) in [6, 6.07) is 21.0. The Morgan fingerprint density at radius 3 is 2.59 bits per heavy atom. The minimum atomic E-state index is -4.01. The fourth-order valence-electron chi connectivity index (χ4n) is 6.24. The molecule has 0 spiro atoms. The summed E-state index contributed by atoms with van der Waals surface area (Å²) in [5, 5.41) is 23.8. The summed E-state index contributed by atoms with van der Waals surface area (Å²) >= 11 is 6.09. The smallest absolute Gasteiger partial charge is 0.244 e. The third-order valence-corrected chi connectivity index (χ3v) is 10.8. The summed E-state index contributed by atoms with van der Waals surface area (Å²) in [7, 11) is -4.01. The van der Waals surface area contributed by atoms with E-state index in [4.69, 9.17) is 16.3 Å². The molecule has 8 nitrogen and oxygen atoms in total. The Balaban J connectivity index is 1.22. The number of sulfonamides is 1. The minimum absolute atomic E-state index is 0.0194. The van der Waals surface area contributed by atoms with E-state index in [0.29, 0.717) is 12.2 Å². The normalized spacial score (nSPS) is 19.0. The van der Waals surface area contributed by atoms with Crippen LogP contribution >= 0.6 is 11.6 Å². The van der Waals surface area contributed by atoms with Gasteiger partial charge in [0.2, 0.25) is 10.0 Å². The molecule has 1 saturated carbocycles. The Morgan fingerprint density at radius 1 is 1.14 bits per heavy atom. The largest absolute Gasteiger partial charge is 0.456 e. The molecule has 222 valence electrons. The van der Waals surface area contributed by atoms with Crippen LogP contribution in [0, 0.1) is 39.8 Å². The van der Waals surface area contributed by atoms with Crippen LogP contribution in [-0.2, 0) is 16.4 Å². The highest BCUT2D eigenvalue weighted by Crippen LogP contribution is 2.53. The Labute approximate surface area is 260 Å².